The Labute approximate surface area is 134 Å². The second-order valence-corrected chi connectivity index (χ2v) is 5.92. The van der Waals surface area contributed by atoms with Crippen LogP contribution in [-0.4, -0.2) is 28.8 Å². The Morgan fingerprint density at radius 3 is 2.48 bits per heavy atom. The number of halogens is 2. The number of amides is 2. The van der Waals surface area contributed by atoms with Gasteiger partial charge in [0.25, 0.3) is 5.91 Å². The van der Waals surface area contributed by atoms with Gasteiger partial charge in [-0.25, -0.2) is 0 Å². The molecule has 0 aliphatic carbocycles. The van der Waals surface area contributed by atoms with Crippen LogP contribution < -0.4 is 5.32 Å². The van der Waals surface area contributed by atoms with Crippen LogP contribution in [0, 0.1) is 0 Å². The number of imide groups is 1. The predicted octanol–water partition coefficient (Wildman–Crippen LogP) is 3.72. The molecule has 0 radical (unpaired) electrons. The van der Waals surface area contributed by atoms with E-state index >= 15 is 0 Å². The molecule has 6 heteroatoms. The minimum Gasteiger partial charge on any atom is -0.373 e. The summed E-state index contributed by atoms with van der Waals surface area (Å²) >= 11 is 11.8. The summed E-state index contributed by atoms with van der Waals surface area (Å²) in [5.41, 5.74) is 0.682. The van der Waals surface area contributed by atoms with Gasteiger partial charge in [-0.1, -0.05) is 37.0 Å². The smallest absolute Gasteiger partial charge is 0.252 e. The van der Waals surface area contributed by atoms with E-state index in [1.54, 1.807) is 18.2 Å². The number of nitrogens with zero attached hydrogens (tertiary/aromatic N) is 1. The fourth-order valence-corrected chi connectivity index (χ4v) is 2.89. The minimum absolute atomic E-state index is 0.0226. The fraction of sp³-hybridized carbons (Fsp3) is 0.467. The first kappa shape index (κ1) is 16.1. The van der Waals surface area contributed by atoms with Gasteiger partial charge in [-0.05, 0) is 31.0 Å². The van der Waals surface area contributed by atoms with E-state index in [1.165, 1.54) is 4.90 Å². The van der Waals surface area contributed by atoms with Crippen molar-refractivity contribution in [3.8, 4) is 0 Å². The molecule has 0 bridgehead atoms. The summed E-state index contributed by atoms with van der Waals surface area (Å²) in [5.74, 6) is -0.286. The Kier molecular flexibility index (Phi) is 5.12. The number of carbonyl (C=O) groups excluding carboxylic acids is 2. The topological polar surface area (TPSA) is 49.4 Å². The maximum Gasteiger partial charge on any atom is 0.252 e. The molecule has 2 rings (SSSR count). The molecule has 21 heavy (non-hydrogen) atoms. The molecule has 4 nitrogen and oxygen atoms in total. The first-order chi connectivity index (χ1) is 9.97. The van der Waals surface area contributed by atoms with Crippen molar-refractivity contribution >= 4 is 40.7 Å². The molecule has 1 fully saturated rings. The van der Waals surface area contributed by atoms with Crippen LogP contribution in [0.1, 0.15) is 33.1 Å². The maximum atomic E-state index is 12.4. The number of hydrogen-bond acceptors (Lipinski definition) is 3. The van der Waals surface area contributed by atoms with Crippen molar-refractivity contribution in [2.75, 3.05) is 5.32 Å². The molecule has 1 aromatic carbocycles. The van der Waals surface area contributed by atoms with E-state index in [4.69, 9.17) is 23.2 Å². The summed E-state index contributed by atoms with van der Waals surface area (Å²) < 4.78 is 0. The second-order valence-electron chi connectivity index (χ2n) is 5.10. The summed E-state index contributed by atoms with van der Waals surface area (Å²) in [5, 5.41) is 3.93. The van der Waals surface area contributed by atoms with Crippen molar-refractivity contribution in [2.24, 2.45) is 0 Å². The van der Waals surface area contributed by atoms with Crippen LogP contribution in [0.3, 0.4) is 0 Å². The Hall–Kier alpha value is -1.26. The fourth-order valence-electron chi connectivity index (χ4n) is 2.59. The molecule has 1 unspecified atom stereocenters. The van der Waals surface area contributed by atoms with Gasteiger partial charge in [-0.15, -0.1) is 0 Å². The summed E-state index contributed by atoms with van der Waals surface area (Å²) in [6.07, 6.45) is 1.72. The Balaban J connectivity index is 2.13. The molecule has 1 saturated heterocycles. The van der Waals surface area contributed by atoms with Crippen molar-refractivity contribution in [1.82, 2.24) is 4.90 Å². The van der Waals surface area contributed by atoms with Gasteiger partial charge >= 0.3 is 0 Å². The first-order valence-electron chi connectivity index (χ1n) is 7.05. The highest BCUT2D eigenvalue weighted by Gasteiger charge is 2.41. The zero-order chi connectivity index (χ0) is 15.6. The van der Waals surface area contributed by atoms with Crippen molar-refractivity contribution < 1.29 is 9.59 Å². The monoisotopic (exact) mass is 328 g/mol. The van der Waals surface area contributed by atoms with E-state index in [1.807, 2.05) is 13.8 Å². The zero-order valence-corrected chi connectivity index (χ0v) is 13.5. The number of likely N-dealkylation sites (tertiary alicyclic amines) is 1. The van der Waals surface area contributed by atoms with E-state index in [0.29, 0.717) is 15.7 Å². The standard InChI is InChI=1S/C15H18Cl2N2O2/c1-3-10(4-2)19-14(20)8-13(15(19)21)18-9-5-6-11(16)12(17)7-9/h5-7,10,13,18H,3-4,8H2,1-2H3. The van der Waals surface area contributed by atoms with Crippen molar-refractivity contribution in [3.63, 3.8) is 0 Å². The van der Waals surface area contributed by atoms with Gasteiger partial charge in [0.05, 0.1) is 16.5 Å². The predicted molar refractivity (Wildman–Crippen MR) is 84.7 cm³/mol. The summed E-state index contributed by atoms with van der Waals surface area (Å²) in [6.45, 7) is 3.96. The molecule has 0 aromatic heterocycles. The average molecular weight is 329 g/mol. The first-order valence-corrected chi connectivity index (χ1v) is 7.81. The molecule has 1 aromatic rings. The number of anilines is 1. The molecule has 0 spiro atoms. The third-order valence-corrected chi connectivity index (χ3v) is 4.49. The molecule has 1 atom stereocenters. The third-order valence-electron chi connectivity index (χ3n) is 3.75. The summed E-state index contributed by atoms with van der Waals surface area (Å²) in [7, 11) is 0. The summed E-state index contributed by atoms with van der Waals surface area (Å²) in [6, 6.07) is 4.50. The number of carbonyl (C=O) groups is 2. The lowest BCUT2D eigenvalue weighted by Crippen LogP contribution is -2.41. The summed E-state index contributed by atoms with van der Waals surface area (Å²) in [4.78, 5) is 25.9. The van der Waals surface area contributed by atoms with Crippen LogP contribution >= 0.6 is 23.2 Å². The van der Waals surface area contributed by atoms with E-state index in [0.717, 1.165) is 12.8 Å². The van der Waals surface area contributed by atoms with E-state index in [9.17, 15) is 9.59 Å². The molecule has 1 aliphatic rings. The van der Waals surface area contributed by atoms with Crippen LogP contribution in [-0.2, 0) is 9.59 Å². The third kappa shape index (κ3) is 3.33. The zero-order valence-electron chi connectivity index (χ0n) is 12.0. The van der Waals surface area contributed by atoms with Crippen LogP contribution in [0.5, 0.6) is 0 Å². The van der Waals surface area contributed by atoms with Crippen LogP contribution in [0.4, 0.5) is 5.69 Å². The number of benzene rings is 1. The van der Waals surface area contributed by atoms with Gasteiger partial charge in [-0.2, -0.15) is 0 Å². The van der Waals surface area contributed by atoms with E-state index < -0.39 is 6.04 Å². The second kappa shape index (κ2) is 6.67. The maximum absolute atomic E-state index is 12.4. The highest BCUT2D eigenvalue weighted by molar-refractivity contribution is 6.42. The number of nitrogens with one attached hydrogen (secondary N) is 1. The lowest BCUT2D eigenvalue weighted by molar-refractivity contribution is -0.141. The normalized spacial score (nSPS) is 18.7. The van der Waals surface area contributed by atoms with E-state index in [-0.39, 0.29) is 24.3 Å². The van der Waals surface area contributed by atoms with Gasteiger partial charge in [0.15, 0.2) is 0 Å². The molecule has 114 valence electrons. The van der Waals surface area contributed by atoms with Gasteiger partial charge in [-0.3, -0.25) is 14.5 Å². The lowest BCUT2D eigenvalue weighted by Gasteiger charge is -2.24. The molecular weight excluding hydrogens is 311 g/mol. The minimum atomic E-state index is -0.532. The Morgan fingerprint density at radius 1 is 1.24 bits per heavy atom. The van der Waals surface area contributed by atoms with Crippen LogP contribution in [0.2, 0.25) is 10.0 Å². The molecule has 0 saturated carbocycles. The largest absolute Gasteiger partial charge is 0.373 e. The SMILES string of the molecule is CCC(CC)N1C(=O)CC(Nc2ccc(Cl)c(Cl)c2)C1=O. The number of hydrogen-bond donors (Lipinski definition) is 1. The van der Waals surface area contributed by atoms with Crippen molar-refractivity contribution in [1.29, 1.82) is 0 Å². The molecular formula is C15H18Cl2N2O2. The van der Waals surface area contributed by atoms with Gasteiger partial charge in [0.1, 0.15) is 6.04 Å². The highest BCUT2D eigenvalue weighted by atomic mass is 35.5. The molecule has 1 N–H and O–H groups in total. The Bertz CT molecular complexity index is 559. The van der Waals surface area contributed by atoms with Gasteiger partial charge in [0, 0.05) is 11.7 Å². The van der Waals surface area contributed by atoms with Crippen LogP contribution in [0.25, 0.3) is 0 Å². The number of rotatable bonds is 5. The van der Waals surface area contributed by atoms with E-state index in [2.05, 4.69) is 5.32 Å². The van der Waals surface area contributed by atoms with Crippen molar-refractivity contribution in [2.45, 2.75) is 45.2 Å². The quantitative estimate of drug-likeness (QED) is 0.838. The van der Waals surface area contributed by atoms with Crippen LogP contribution in [0.15, 0.2) is 18.2 Å². The van der Waals surface area contributed by atoms with Crippen molar-refractivity contribution in [3.05, 3.63) is 28.2 Å². The highest BCUT2D eigenvalue weighted by Crippen LogP contribution is 2.27. The lowest BCUT2D eigenvalue weighted by atomic mass is 10.1. The van der Waals surface area contributed by atoms with Gasteiger partial charge < -0.3 is 5.32 Å². The molecule has 2 amide bonds. The van der Waals surface area contributed by atoms with Gasteiger partial charge in [0.2, 0.25) is 5.91 Å². The molecule has 1 heterocycles. The molecule has 1 aliphatic heterocycles. The Morgan fingerprint density at radius 2 is 1.90 bits per heavy atom. The average Bonchev–Trinajstić information content (AvgIpc) is 2.72.